The highest BCUT2D eigenvalue weighted by Crippen LogP contribution is 2.20. The Kier molecular flexibility index (Phi) is 3.79. The van der Waals surface area contributed by atoms with E-state index in [0.717, 1.165) is 6.08 Å². The second-order valence-corrected chi connectivity index (χ2v) is 2.83. The van der Waals surface area contributed by atoms with E-state index < -0.39 is 11.2 Å². The Bertz CT molecular complexity index is 196. The molecule has 0 N–H and O–H groups in total. The zero-order valence-electron chi connectivity index (χ0n) is 6.26. The van der Waals surface area contributed by atoms with Gasteiger partial charge in [-0.2, -0.15) is 0 Å². The molecule has 0 spiro atoms. The summed E-state index contributed by atoms with van der Waals surface area (Å²) in [5, 5.41) is -1.09. The highest BCUT2D eigenvalue weighted by molar-refractivity contribution is 6.23. The van der Waals surface area contributed by atoms with Crippen LogP contribution in [0, 0.1) is 0 Å². The number of aliphatic imine (C=N–C) groups is 1. The van der Waals surface area contributed by atoms with E-state index in [9.17, 15) is 9.59 Å². The number of hydrogen-bond donors (Lipinski definition) is 0. The van der Waals surface area contributed by atoms with Crippen molar-refractivity contribution in [1.29, 1.82) is 0 Å². The summed E-state index contributed by atoms with van der Waals surface area (Å²) in [6, 6.07) is 0. The normalized spacial score (nSPS) is 14.5. The number of halogens is 1. The zero-order valence-corrected chi connectivity index (χ0v) is 7.01. The van der Waals surface area contributed by atoms with Gasteiger partial charge in [-0.1, -0.05) is 23.5 Å². The van der Waals surface area contributed by atoms with Gasteiger partial charge in [0.25, 0.3) is 0 Å². The molecule has 62 valence electrons. The van der Waals surface area contributed by atoms with Crippen LogP contribution in [0.4, 0.5) is 4.79 Å². The van der Waals surface area contributed by atoms with Crippen molar-refractivity contribution >= 4 is 23.8 Å². The molecule has 0 aliphatic carbocycles. The number of hydrogen-bond acceptors (Lipinski definition) is 3. The van der Waals surface area contributed by atoms with Gasteiger partial charge < -0.3 is 4.74 Å². The minimum absolute atomic E-state index is 0.439. The number of isocyanates is 1. The average Bonchev–Trinajstić information content (AvgIpc) is 1.87. The van der Waals surface area contributed by atoms with Crippen molar-refractivity contribution in [3.63, 3.8) is 0 Å². The molecule has 0 aromatic carbocycles. The summed E-state index contributed by atoms with van der Waals surface area (Å²) < 4.78 is 4.52. The molecule has 0 saturated carbocycles. The Morgan fingerprint density at radius 1 is 1.82 bits per heavy atom. The summed E-state index contributed by atoms with van der Waals surface area (Å²) >= 11 is 5.62. The highest BCUT2D eigenvalue weighted by atomic mass is 35.5. The molecule has 0 aromatic rings. The number of nitrogens with zero attached hydrogens (tertiary/aromatic N) is 1. The lowest BCUT2D eigenvalue weighted by atomic mass is 10.3. The fourth-order valence-electron chi connectivity index (χ4n) is 0.314. The number of rotatable bonds is 2. The topological polar surface area (TPSA) is 55.7 Å². The minimum atomic E-state index is -1.09. The van der Waals surface area contributed by atoms with E-state index in [1.54, 1.807) is 6.92 Å². The third-order valence-corrected chi connectivity index (χ3v) is 1.41. The van der Waals surface area contributed by atoms with E-state index in [1.165, 1.54) is 6.92 Å². The van der Waals surface area contributed by atoms with Gasteiger partial charge in [-0.15, -0.1) is 0 Å². The Labute approximate surface area is 69.2 Å². The van der Waals surface area contributed by atoms with Crippen LogP contribution in [0.1, 0.15) is 20.3 Å². The van der Waals surface area contributed by atoms with E-state index in [-0.39, 0.29) is 0 Å². The average molecular weight is 178 g/mol. The molecule has 0 aliphatic heterocycles. The maximum atomic E-state index is 10.5. The van der Waals surface area contributed by atoms with Gasteiger partial charge in [-0.3, -0.25) is 0 Å². The molecule has 1 atom stereocenters. The van der Waals surface area contributed by atoms with Gasteiger partial charge in [-0.05, 0) is 13.3 Å². The van der Waals surface area contributed by atoms with Gasteiger partial charge in [0.2, 0.25) is 6.08 Å². The summed E-state index contributed by atoms with van der Waals surface area (Å²) in [6.45, 7) is 3.25. The molecule has 0 aliphatic rings. The van der Waals surface area contributed by atoms with Crippen molar-refractivity contribution in [2.75, 3.05) is 0 Å². The maximum Gasteiger partial charge on any atom is 0.446 e. The first-order valence-electron chi connectivity index (χ1n) is 3.01. The lowest BCUT2D eigenvalue weighted by Crippen LogP contribution is -2.22. The quantitative estimate of drug-likeness (QED) is 0.367. The van der Waals surface area contributed by atoms with Crippen LogP contribution in [0.25, 0.3) is 0 Å². The van der Waals surface area contributed by atoms with E-state index in [4.69, 9.17) is 11.6 Å². The van der Waals surface area contributed by atoms with Crippen molar-refractivity contribution in [2.45, 2.75) is 25.3 Å². The number of alkyl halides is 1. The second kappa shape index (κ2) is 4.11. The maximum absolute atomic E-state index is 10.5. The van der Waals surface area contributed by atoms with Gasteiger partial charge in [0.1, 0.15) is 0 Å². The van der Waals surface area contributed by atoms with E-state index in [2.05, 4.69) is 9.73 Å². The van der Waals surface area contributed by atoms with Crippen LogP contribution in [0.5, 0.6) is 0 Å². The van der Waals surface area contributed by atoms with Gasteiger partial charge in [0.05, 0.1) is 0 Å². The van der Waals surface area contributed by atoms with Crippen LogP contribution in [-0.2, 0) is 9.53 Å². The molecule has 1 amide bonds. The molecule has 0 saturated heterocycles. The first-order chi connectivity index (χ1) is 5.02. The van der Waals surface area contributed by atoms with Crippen molar-refractivity contribution in [1.82, 2.24) is 0 Å². The number of carbonyl (C=O) groups excluding carboxylic acids is 2. The Hall–Kier alpha value is -0.860. The Morgan fingerprint density at radius 3 is 2.73 bits per heavy atom. The van der Waals surface area contributed by atoms with Crippen LogP contribution in [0.15, 0.2) is 4.99 Å². The zero-order chi connectivity index (χ0) is 8.91. The first kappa shape index (κ1) is 10.1. The second-order valence-electron chi connectivity index (χ2n) is 2.03. The monoisotopic (exact) mass is 177 g/mol. The minimum Gasteiger partial charge on any atom is -0.425 e. The van der Waals surface area contributed by atoms with Crippen molar-refractivity contribution in [3.05, 3.63) is 0 Å². The van der Waals surface area contributed by atoms with Crippen LogP contribution in [0.2, 0.25) is 0 Å². The molecule has 4 nitrogen and oxygen atoms in total. The lowest BCUT2D eigenvalue weighted by Gasteiger charge is -2.17. The van der Waals surface area contributed by atoms with Crippen LogP contribution >= 0.6 is 11.6 Å². The predicted molar refractivity (Wildman–Crippen MR) is 39.2 cm³/mol. The van der Waals surface area contributed by atoms with Crippen LogP contribution in [0.3, 0.4) is 0 Å². The van der Waals surface area contributed by atoms with E-state index >= 15 is 0 Å². The van der Waals surface area contributed by atoms with Gasteiger partial charge in [0.15, 0.2) is 5.06 Å². The largest absolute Gasteiger partial charge is 0.446 e. The third kappa shape index (κ3) is 4.53. The molecule has 0 aromatic heterocycles. The fourth-order valence-corrected chi connectivity index (χ4v) is 0.380. The number of carbonyl (C=O) groups is 1. The van der Waals surface area contributed by atoms with E-state index in [0.29, 0.717) is 6.42 Å². The third-order valence-electron chi connectivity index (χ3n) is 1.07. The van der Waals surface area contributed by atoms with Crippen LogP contribution in [-0.4, -0.2) is 17.2 Å². The number of ether oxygens (including phenoxy) is 1. The fraction of sp³-hybridized carbons (Fsp3) is 0.667. The van der Waals surface area contributed by atoms with Crippen molar-refractivity contribution in [3.8, 4) is 0 Å². The molecule has 5 heteroatoms. The Morgan fingerprint density at radius 2 is 2.36 bits per heavy atom. The van der Waals surface area contributed by atoms with Gasteiger partial charge in [0, 0.05) is 0 Å². The molecule has 0 rings (SSSR count). The first-order valence-corrected chi connectivity index (χ1v) is 3.39. The number of amides is 1. The lowest BCUT2D eigenvalue weighted by molar-refractivity contribution is 0.0887. The molecule has 0 radical (unpaired) electrons. The van der Waals surface area contributed by atoms with Gasteiger partial charge in [-0.25, -0.2) is 9.59 Å². The standard InChI is InChI=1S/C6H8ClNO3/c1-3-6(2,7)11-5(10)8-4-9/h3H2,1-2H3. The molecule has 0 heterocycles. The summed E-state index contributed by atoms with van der Waals surface area (Å²) in [6.07, 6.45) is 0.481. The summed E-state index contributed by atoms with van der Waals surface area (Å²) in [7, 11) is 0. The summed E-state index contributed by atoms with van der Waals surface area (Å²) in [4.78, 5) is 22.7. The molecule has 0 fully saturated rings. The SMILES string of the molecule is CCC(C)(Cl)OC(=O)N=C=O. The Balaban J connectivity index is 4.03. The molecule has 1 unspecified atom stereocenters. The molecular formula is C6H8ClNO3. The molecule has 11 heavy (non-hydrogen) atoms. The van der Waals surface area contributed by atoms with Crippen LogP contribution < -0.4 is 0 Å². The van der Waals surface area contributed by atoms with Gasteiger partial charge >= 0.3 is 6.09 Å². The predicted octanol–water partition coefficient (Wildman–Crippen LogP) is 1.82. The summed E-state index contributed by atoms with van der Waals surface area (Å²) in [5.74, 6) is 0. The molecular weight excluding hydrogens is 170 g/mol. The van der Waals surface area contributed by atoms with Crippen molar-refractivity contribution in [2.24, 2.45) is 4.99 Å². The smallest absolute Gasteiger partial charge is 0.425 e. The molecule has 0 bridgehead atoms. The van der Waals surface area contributed by atoms with E-state index in [1.807, 2.05) is 0 Å². The van der Waals surface area contributed by atoms with Crippen molar-refractivity contribution < 1.29 is 14.3 Å². The summed E-state index contributed by atoms with van der Waals surface area (Å²) in [5.41, 5.74) is 0. The highest BCUT2D eigenvalue weighted by Gasteiger charge is 2.22.